The summed E-state index contributed by atoms with van der Waals surface area (Å²) in [5, 5.41) is 21.2. The average Bonchev–Trinajstić information content (AvgIpc) is 2.68. The van der Waals surface area contributed by atoms with Crippen molar-refractivity contribution >= 4 is 46.6 Å². The van der Waals surface area contributed by atoms with Gasteiger partial charge in [-0.3, -0.25) is 15.5 Å². The molecular weight excluding hydrogens is 384 g/mol. The van der Waals surface area contributed by atoms with Gasteiger partial charge in [-0.25, -0.2) is 0 Å². The molecule has 3 aromatic rings. The number of hydrogen-bond acceptors (Lipinski definition) is 8. The van der Waals surface area contributed by atoms with Crippen LogP contribution < -0.4 is 10.7 Å². The fraction of sp³-hybridized carbons (Fsp3) is 0. The van der Waals surface area contributed by atoms with Crippen molar-refractivity contribution in [3.63, 3.8) is 0 Å². The Morgan fingerprint density at radius 3 is 2.61 bits per heavy atom. The minimum Gasteiger partial charge on any atom is -0.324 e. The van der Waals surface area contributed by atoms with E-state index in [0.717, 1.165) is 11.3 Å². The molecule has 1 heterocycles. The summed E-state index contributed by atoms with van der Waals surface area (Å²) in [6, 6.07) is 13.1. The fourth-order valence-corrected chi connectivity index (χ4v) is 2.25. The lowest BCUT2D eigenvalue weighted by molar-refractivity contribution is -0.384. The Kier molecular flexibility index (Phi) is 5.82. The third-order valence-electron chi connectivity index (χ3n) is 3.37. The molecule has 0 aliphatic carbocycles. The molecule has 0 fully saturated rings. The first-order chi connectivity index (χ1) is 13.5. The summed E-state index contributed by atoms with van der Waals surface area (Å²) >= 11 is 5.91. The number of nitro groups is 1. The van der Waals surface area contributed by atoms with Crippen molar-refractivity contribution in [2.45, 2.75) is 0 Å². The number of nitrogens with one attached hydrogen (secondary N) is 2. The Morgan fingerprint density at radius 1 is 1.11 bits per heavy atom. The molecule has 0 radical (unpaired) electrons. The molecule has 0 bridgehead atoms. The highest BCUT2D eigenvalue weighted by molar-refractivity contribution is 6.28. The van der Waals surface area contributed by atoms with Crippen molar-refractivity contribution in [3.05, 3.63) is 76.1 Å². The zero-order valence-electron chi connectivity index (χ0n) is 14.3. The quantitative estimate of drug-likeness (QED) is 0.328. The number of non-ortho nitro benzene ring substituents is 1. The molecule has 0 aliphatic heterocycles. The predicted octanol–water partition coefficient (Wildman–Crippen LogP) is 4.93. The Morgan fingerprint density at radius 2 is 1.89 bits per heavy atom. The Hall–Kier alpha value is -3.92. The van der Waals surface area contributed by atoms with Crippen LogP contribution >= 0.6 is 11.6 Å². The fourth-order valence-electron chi connectivity index (χ4n) is 2.10. The third kappa shape index (κ3) is 5.05. The molecule has 0 saturated carbocycles. The van der Waals surface area contributed by atoms with Crippen LogP contribution in [0.25, 0.3) is 6.08 Å². The van der Waals surface area contributed by atoms with Gasteiger partial charge < -0.3 is 5.32 Å². The Bertz CT molecular complexity index is 1040. The van der Waals surface area contributed by atoms with E-state index in [-0.39, 0.29) is 22.9 Å². The first-order valence-corrected chi connectivity index (χ1v) is 8.23. The maximum absolute atomic E-state index is 10.6. The van der Waals surface area contributed by atoms with E-state index in [2.05, 4.69) is 42.6 Å². The van der Waals surface area contributed by atoms with Gasteiger partial charge in [-0.05, 0) is 41.4 Å². The van der Waals surface area contributed by atoms with Crippen LogP contribution in [-0.4, -0.2) is 19.9 Å². The van der Waals surface area contributed by atoms with Crippen LogP contribution in [0.4, 0.5) is 29.0 Å². The van der Waals surface area contributed by atoms with Crippen LogP contribution in [0.1, 0.15) is 5.56 Å². The highest BCUT2D eigenvalue weighted by atomic mass is 35.5. The molecule has 3 rings (SSSR count). The van der Waals surface area contributed by atoms with E-state index in [1.54, 1.807) is 6.08 Å². The van der Waals surface area contributed by atoms with Crippen LogP contribution in [0, 0.1) is 10.1 Å². The van der Waals surface area contributed by atoms with Gasteiger partial charge in [0, 0.05) is 17.8 Å². The molecule has 0 saturated heterocycles. The van der Waals surface area contributed by atoms with Crippen LogP contribution in [0.5, 0.6) is 0 Å². The summed E-state index contributed by atoms with van der Waals surface area (Å²) in [5.41, 5.74) is 4.78. The van der Waals surface area contributed by atoms with Gasteiger partial charge in [0.25, 0.3) is 11.6 Å². The Balaban J connectivity index is 1.70. The van der Waals surface area contributed by atoms with Gasteiger partial charge in [-0.2, -0.15) is 15.0 Å². The largest absolute Gasteiger partial charge is 0.324 e. The van der Waals surface area contributed by atoms with Gasteiger partial charge in [0.2, 0.25) is 11.2 Å². The number of nitrogens with zero attached hydrogens (tertiary/aromatic N) is 6. The first kappa shape index (κ1) is 18.9. The normalized spacial score (nSPS) is 10.6. The minimum absolute atomic E-state index is 0.0169. The van der Waals surface area contributed by atoms with E-state index in [9.17, 15) is 10.1 Å². The van der Waals surface area contributed by atoms with Crippen molar-refractivity contribution in [1.82, 2.24) is 15.0 Å². The molecule has 10 nitrogen and oxygen atoms in total. The van der Waals surface area contributed by atoms with Gasteiger partial charge >= 0.3 is 0 Å². The smallest absolute Gasteiger partial charge is 0.276 e. The number of nitro benzene ring substituents is 1. The van der Waals surface area contributed by atoms with Gasteiger partial charge in [-0.1, -0.05) is 35.1 Å². The molecule has 140 valence electrons. The second-order valence-electron chi connectivity index (χ2n) is 5.30. The van der Waals surface area contributed by atoms with Crippen LogP contribution in [0.3, 0.4) is 0 Å². The summed E-state index contributed by atoms with van der Waals surface area (Å²) < 4.78 is 0. The van der Waals surface area contributed by atoms with Crippen LogP contribution in [0.15, 0.2) is 65.4 Å². The Labute approximate surface area is 164 Å². The zero-order valence-corrected chi connectivity index (χ0v) is 15.0. The summed E-state index contributed by atoms with van der Waals surface area (Å²) in [6.45, 7) is 3.72. The summed E-state index contributed by atoms with van der Waals surface area (Å²) in [7, 11) is 0. The number of aromatic nitrogens is 3. The van der Waals surface area contributed by atoms with E-state index < -0.39 is 4.92 Å². The summed E-state index contributed by atoms with van der Waals surface area (Å²) in [4.78, 5) is 22.1. The highest BCUT2D eigenvalue weighted by Gasteiger charge is 2.06. The molecule has 2 N–H and O–H groups in total. The standard InChI is InChI=1S/C17H13ClN8O2/c1-2-11-4-3-5-13(10-11)19-16-20-15(18)21-17(22-16)24-25-23-12-6-8-14(9-7-12)26(27)28/h2-10H,1H2,(H2,19,20,21,22,23,24). The van der Waals surface area contributed by atoms with E-state index in [4.69, 9.17) is 11.6 Å². The molecule has 0 atom stereocenters. The van der Waals surface area contributed by atoms with Crippen molar-refractivity contribution in [3.8, 4) is 0 Å². The minimum atomic E-state index is -0.489. The number of rotatable bonds is 7. The van der Waals surface area contributed by atoms with Gasteiger partial charge in [0.15, 0.2) is 0 Å². The SMILES string of the molecule is C=Cc1cccc(Nc2nc(Cl)nc(N=NNc3ccc([N+](=O)[O-])cc3)n2)c1. The molecule has 0 spiro atoms. The second kappa shape index (κ2) is 8.64. The van der Waals surface area contributed by atoms with E-state index in [0.29, 0.717) is 5.69 Å². The lowest BCUT2D eigenvalue weighted by Gasteiger charge is -2.06. The van der Waals surface area contributed by atoms with Crippen LogP contribution in [-0.2, 0) is 0 Å². The number of anilines is 3. The molecule has 2 aromatic carbocycles. The van der Waals surface area contributed by atoms with Gasteiger partial charge in [0.05, 0.1) is 10.6 Å². The van der Waals surface area contributed by atoms with E-state index in [1.807, 2.05) is 24.3 Å². The average molecular weight is 397 g/mol. The monoisotopic (exact) mass is 396 g/mol. The number of benzene rings is 2. The topological polar surface area (TPSA) is 131 Å². The molecule has 1 aromatic heterocycles. The van der Waals surface area contributed by atoms with Crippen LogP contribution in [0.2, 0.25) is 5.28 Å². The second-order valence-corrected chi connectivity index (χ2v) is 5.64. The maximum atomic E-state index is 10.6. The summed E-state index contributed by atoms with van der Waals surface area (Å²) in [6.07, 6.45) is 1.72. The predicted molar refractivity (Wildman–Crippen MR) is 106 cm³/mol. The molecule has 0 aliphatic rings. The third-order valence-corrected chi connectivity index (χ3v) is 3.54. The van der Waals surface area contributed by atoms with Crippen molar-refractivity contribution in [1.29, 1.82) is 0 Å². The highest BCUT2D eigenvalue weighted by Crippen LogP contribution is 2.19. The molecule has 0 amide bonds. The molecule has 0 unspecified atom stereocenters. The maximum Gasteiger partial charge on any atom is 0.276 e. The number of hydrogen-bond donors (Lipinski definition) is 2. The van der Waals surface area contributed by atoms with E-state index in [1.165, 1.54) is 24.3 Å². The zero-order chi connectivity index (χ0) is 19.9. The molecule has 11 heteroatoms. The van der Waals surface area contributed by atoms with Crippen molar-refractivity contribution in [2.75, 3.05) is 10.7 Å². The summed E-state index contributed by atoms with van der Waals surface area (Å²) in [5.74, 6) is 0.183. The van der Waals surface area contributed by atoms with E-state index >= 15 is 0 Å². The molecule has 28 heavy (non-hydrogen) atoms. The lowest BCUT2D eigenvalue weighted by Crippen LogP contribution is -1.99. The van der Waals surface area contributed by atoms with Crippen molar-refractivity contribution < 1.29 is 4.92 Å². The van der Waals surface area contributed by atoms with Gasteiger partial charge in [0.1, 0.15) is 0 Å². The van der Waals surface area contributed by atoms with Crippen molar-refractivity contribution in [2.24, 2.45) is 10.3 Å². The number of halogens is 1. The van der Waals surface area contributed by atoms with Gasteiger partial charge in [-0.15, -0.1) is 0 Å². The lowest BCUT2D eigenvalue weighted by atomic mass is 10.2. The molecular formula is C17H13ClN8O2. The first-order valence-electron chi connectivity index (χ1n) is 7.86.